The molecular formula is C19H14F3N5O. The summed E-state index contributed by atoms with van der Waals surface area (Å²) < 4.78 is 42.3. The van der Waals surface area contributed by atoms with Gasteiger partial charge in [-0.1, -0.05) is 12.1 Å². The molecule has 6 nitrogen and oxygen atoms in total. The molecule has 142 valence electrons. The molecule has 4 rings (SSSR count). The van der Waals surface area contributed by atoms with Crippen molar-refractivity contribution in [2.45, 2.75) is 20.2 Å². The standard InChI is InChI=1S/C19H14F3N5O/c1-11-7-14(13-3-5-16(6-4-13)28-19(20,21)22)9-23-17(11)15-8-12(2)18-24-25-26-27(18)10-15/h3-10H,1-2H3. The molecule has 0 N–H and O–H groups in total. The van der Waals surface area contributed by atoms with Gasteiger partial charge < -0.3 is 4.74 Å². The summed E-state index contributed by atoms with van der Waals surface area (Å²) in [5, 5.41) is 11.6. The fourth-order valence-corrected chi connectivity index (χ4v) is 3.02. The number of nitrogens with zero attached hydrogens (tertiary/aromatic N) is 5. The van der Waals surface area contributed by atoms with Crippen molar-refractivity contribution in [1.29, 1.82) is 0 Å². The molecule has 0 aliphatic heterocycles. The van der Waals surface area contributed by atoms with Gasteiger partial charge in [0.1, 0.15) is 5.75 Å². The largest absolute Gasteiger partial charge is 0.573 e. The number of aromatic nitrogens is 5. The van der Waals surface area contributed by atoms with Gasteiger partial charge in [-0.15, -0.1) is 18.3 Å². The first-order chi connectivity index (χ1) is 13.3. The zero-order valence-corrected chi connectivity index (χ0v) is 14.9. The summed E-state index contributed by atoms with van der Waals surface area (Å²) in [6.45, 7) is 3.84. The van der Waals surface area contributed by atoms with Crippen LogP contribution in [0.4, 0.5) is 13.2 Å². The van der Waals surface area contributed by atoms with E-state index in [1.165, 1.54) is 12.1 Å². The van der Waals surface area contributed by atoms with E-state index in [1.54, 1.807) is 29.0 Å². The van der Waals surface area contributed by atoms with E-state index in [4.69, 9.17) is 0 Å². The monoisotopic (exact) mass is 385 g/mol. The first kappa shape index (κ1) is 17.9. The van der Waals surface area contributed by atoms with Gasteiger partial charge in [-0.3, -0.25) is 4.98 Å². The number of hydrogen-bond acceptors (Lipinski definition) is 5. The van der Waals surface area contributed by atoms with Crippen LogP contribution in [0.1, 0.15) is 11.1 Å². The van der Waals surface area contributed by atoms with Gasteiger partial charge >= 0.3 is 6.36 Å². The van der Waals surface area contributed by atoms with Crippen molar-refractivity contribution >= 4 is 5.65 Å². The van der Waals surface area contributed by atoms with E-state index in [9.17, 15) is 13.2 Å². The Balaban J connectivity index is 1.65. The Bertz CT molecular complexity index is 1150. The highest BCUT2D eigenvalue weighted by Crippen LogP contribution is 2.29. The fourth-order valence-electron chi connectivity index (χ4n) is 3.02. The number of pyridine rings is 2. The van der Waals surface area contributed by atoms with Crippen LogP contribution in [0.3, 0.4) is 0 Å². The van der Waals surface area contributed by atoms with Crippen LogP contribution in [-0.4, -0.2) is 31.4 Å². The van der Waals surface area contributed by atoms with Gasteiger partial charge in [0.05, 0.1) is 5.69 Å². The molecule has 28 heavy (non-hydrogen) atoms. The Morgan fingerprint density at radius 2 is 1.64 bits per heavy atom. The molecule has 0 unspecified atom stereocenters. The normalized spacial score (nSPS) is 11.8. The molecule has 3 aromatic heterocycles. The van der Waals surface area contributed by atoms with Crippen LogP contribution in [0, 0.1) is 13.8 Å². The second-order valence-electron chi connectivity index (χ2n) is 6.32. The number of aryl methyl sites for hydroxylation is 2. The van der Waals surface area contributed by atoms with Gasteiger partial charge in [0.25, 0.3) is 0 Å². The highest BCUT2D eigenvalue weighted by atomic mass is 19.4. The van der Waals surface area contributed by atoms with Crippen LogP contribution in [0.15, 0.2) is 48.8 Å². The van der Waals surface area contributed by atoms with E-state index in [0.29, 0.717) is 5.65 Å². The van der Waals surface area contributed by atoms with Crippen molar-refractivity contribution in [3.8, 4) is 28.1 Å². The number of alkyl halides is 3. The predicted molar refractivity (Wildman–Crippen MR) is 95.6 cm³/mol. The minimum absolute atomic E-state index is 0.261. The Hall–Kier alpha value is -3.49. The molecule has 0 saturated carbocycles. The van der Waals surface area contributed by atoms with Gasteiger partial charge in [0.15, 0.2) is 5.65 Å². The molecule has 0 saturated heterocycles. The average Bonchev–Trinajstić information content (AvgIpc) is 3.10. The molecule has 0 spiro atoms. The molecular weight excluding hydrogens is 371 g/mol. The zero-order valence-electron chi connectivity index (χ0n) is 14.9. The predicted octanol–water partition coefficient (Wildman–Crippen LogP) is 4.37. The average molecular weight is 385 g/mol. The molecule has 0 atom stereocenters. The van der Waals surface area contributed by atoms with Crippen molar-refractivity contribution < 1.29 is 17.9 Å². The summed E-state index contributed by atoms with van der Waals surface area (Å²) in [6, 6.07) is 9.58. The van der Waals surface area contributed by atoms with E-state index in [2.05, 4.69) is 25.2 Å². The van der Waals surface area contributed by atoms with Crippen molar-refractivity contribution in [1.82, 2.24) is 25.0 Å². The van der Waals surface area contributed by atoms with Gasteiger partial charge in [0, 0.05) is 23.5 Å². The second kappa shape index (κ2) is 6.59. The minimum atomic E-state index is -4.71. The number of rotatable bonds is 3. The third kappa shape index (κ3) is 3.51. The van der Waals surface area contributed by atoms with Crippen molar-refractivity contribution in [3.05, 3.63) is 59.9 Å². The number of halogens is 3. The maximum absolute atomic E-state index is 12.3. The van der Waals surface area contributed by atoms with Gasteiger partial charge in [-0.25, -0.2) is 0 Å². The molecule has 9 heteroatoms. The summed E-state index contributed by atoms with van der Waals surface area (Å²) >= 11 is 0. The van der Waals surface area contributed by atoms with Gasteiger partial charge in [-0.05, 0) is 65.2 Å². The lowest BCUT2D eigenvalue weighted by atomic mass is 10.0. The smallest absolute Gasteiger partial charge is 0.406 e. The fraction of sp³-hybridized carbons (Fsp3) is 0.158. The molecule has 3 heterocycles. The number of hydrogen-bond donors (Lipinski definition) is 0. The van der Waals surface area contributed by atoms with Crippen molar-refractivity contribution in [2.75, 3.05) is 0 Å². The van der Waals surface area contributed by atoms with E-state index in [-0.39, 0.29) is 5.75 Å². The number of fused-ring (bicyclic) bond motifs is 1. The Morgan fingerprint density at radius 1 is 0.929 bits per heavy atom. The highest BCUT2D eigenvalue weighted by molar-refractivity contribution is 5.71. The Morgan fingerprint density at radius 3 is 2.32 bits per heavy atom. The van der Waals surface area contributed by atoms with Crippen LogP contribution in [0.2, 0.25) is 0 Å². The second-order valence-corrected chi connectivity index (χ2v) is 6.32. The summed E-state index contributed by atoms with van der Waals surface area (Å²) in [7, 11) is 0. The highest BCUT2D eigenvalue weighted by Gasteiger charge is 2.30. The summed E-state index contributed by atoms with van der Waals surface area (Å²) in [4.78, 5) is 4.55. The molecule has 4 aromatic rings. The lowest BCUT2D eigenvalue weighted by Crippen LogP contribution is -2.16. The number of benzene rings is 1. The SMILES string of the molecule is Cc1cc(-c2ccc(OC(F)(F)F)cc2)cnc1-c1cc(C)c2nnnn2c1. The molecule has 0 aliphatic rings. The summed E-state index contributed by atoms with van der Waals surface area (Å²) in [5.74, 6) is -0.261. The quantitative estimate of drug-likeness (QED) is 0.524. The van der Waals surface area contributed by atoms with E-state index < -0.39 is 6.36 Å². The first-order valence-electron chi connectivity index (χ1n) is 8.32. The minimum Gasteiger partial charge on any atom is -0.406 e. The maximum atomic E-state index is 12.3. The van der Waals surface area contributed by atoms with Crippen LogP contribution in [0.25, 0.3) is 28.0 Å². The molecule has 0 amide bonds. The van der Waals surface area contributed by atoms with Crippen molar-refractivity contribution in [2.24, 2.45) is 0 Å². The Kier molecular flexibility index (Phi) is 4.21. The third-order valence-electron chi connectivity index (χ3n) is 4.25. The number of tetrazole rings is 1. The van der Waals surface area contributed by atoms with Crippen LogP contribution < -0.4 is 4.74 Å². The van der Waals surface area contributed by atoms with E-state index >= 15 is 0 Å². The number of ether oxygens (including phenoxy) is 1. The first-order valence-corrected chi connectivity index (χ1v) is 8.32. The molecule has 0 radical (unpaired) electrons. The van der Waals surface area contributed by atoms with Crippen LogP contribution in [-0.2, 0) is 0 Å². The third-order valence-corrected chi connectivity index (χ3v) is 4.25. The van der Waals surface area contributed by atoms with E-state index in [1.807, 2.05) is 26.0 Å². The zero-order chi connectivity index (χ0) is 19.9. The summed E-state index contributed by atoms with van der Waals surface area (Å²) in [6.07, 6.45) is -1.22. The molecule has 1 aromatic carbocycles. The Labute approximate surface area is 157 Å². The van der Waals surface area contributed by atoms with Crippen LogP contribution in [0.5, 0.6) is 5.75 Å². The topological polar surface area (TPSA) is 65.2 Å². The van der Waals surface area contributed by atoms with Gasteiger partial charge in [0.2, 0.25) is 0 Å². The maximum Gasteiger partial charge on any atom is 0.573 e. The van der Waals surface area contributed by atoms with Crippen LogP contribution >= 0.6 is 0 Å². The lowest BCUT2D eigenvalue weighted by Gasteiger charge is -2.11. The lowest BCUT2D eigenvalue weighted by molar-refractivity contribution is -0.274. The summed E-state index contributed by atoms with van der Waals surface area (Å²) in [5.41, 5.74) is 5.70. The van der Waals surface area contributed by atoms with Crippen molar-refractivity contribution in [3.63, 3.8) is 0 Å². The molecule has 0 aliphatic carbocycles. The molecule has 0 bridgehead atoms. The van der Waals surface area contributed by atoms with Gasteiger partial charge in [-0.2, -0.15) is 4.52 Å². The molecule has 0 fully saturated rings. The van der Waals surface area contributed by atoms with E-state index in [0.717, 1.165) is 33.5 Å².